The highest BCUT2D eigenvalue weighted by atomic mass is 32.2. The monoisotopic (exact) mass is 1320 g/mol. The van der Waals surface area contributed by atoms with Crippen LogP contribution in [0.5, 0.6) is 5.75 Å². The van der Waals surface area contributed by atoms with Crippen molar-refractivity contribution in [1.29, 1.82) is 0 Å². The smallest absolute Gasteiger partial charge is 0.246 e. The summed E-state index contributed by atoms with van der Waals surface area (Å²) in [5.74, 6) is -4.68. The highest BCUT2D eigenvalue weighted by Crippen LogP contribution is 2.32. The van der Waals surface area contributed by atoms with Gasteiger partial charge in [-0.25, -0.2) is 0 Å². The number of para-hydroxylation sites is 1. The van der Waals surface area contributed by atoms with Gasteiger partial charge in [-0.05, 0) is 66.6 Å². The van der Waals surface area contributed by atoms with E-state index >= 15 is 4.21 Å². The summed E-state index contributed by atoms with van der Waals surface area (Å²) in [6, 6.07) is 10.1. The van der Waals surface area contributed by atoms with Crippen molar-refractivity contribution < 1.29 is 77.0 Å². The second kappa shape index (κ2) is 33.2. The van der Waals surface area contributed by atoms with Gasteiger partial charge >= 0.3 is 0 Å². The Hall–Kier alpha value is -9.04. The third-order valence-electron chi connectivity index (χ3n) is 17.4. The van der Waals surface area contributed by atoms with E-state index in [2.05, 4.69) is 54.0 Å². The lowest BCUT2D eigenvalue weighted by molar-refractivity contribution is -0.144. The Morgan fingerprint density at radius 1 is 0.809 bits per heavy atom. The van der Waals surface area contributed by atoms with Crippen molar-refractivity contribution >= 4 is 92.2 Å². The number of aliphatic hydroxyl groups excluding tert-OH is 3. The van der Waals surface area contributed by atoms with Crippen LogP contribution in [0.1, 0.15) is 120 Å². The summed E-state index contributed by atoms with van der Waals surface area (Å²) in [5, 5.41) is 50.4. The van der Waals surface area contributed by atoms with Gasteiger partial charge < -0.3 is 77.8 Å². The Bertz CT molecular complexity index is 3600. The second-order valence-corrected chi connectivity index (χ2v) is 25.7. The molecule has 13 N–H and O–H groups in total. The molecule has 1 aromatic heterocycles. The maximum Gasteiger partial charge on any atom is 0.246 e. The number of primary amides is 1. The normalized spacial score (nSPS) is 23.6. The molecular weight excluding hydrogens is 1230 g/mol. The Labute approximate surface area is 546 Å². The molecule has 27 nitrogen and oxygen atoms in total. The number of hydrogen-bond acceptors (Lipinski definition) is 16. The molecule has 4 aliphatic rings. The highest BCUT2D eigenvalue weighted by molar-refractivity contribution is 7.85. The molecule has 8 rings (SSSR count). The molecule has 0 spiro atoms. The van der Waals surface area contributed by atoms with Gasteiger partial charge in [0.15, 0.2) is 5.78 Å². The molecule has 0 aliphatic carbocycles. The molecule has 4 aliphatic heterocycles. The number of aliphatic hydroxyl groups is 3. The number of amides is 10. The van der Waals surface area contributed by atoms with Crippen LogP contribution in [0.4, 0.5) is 5.69 Å². The molecule has 5 heterocycles. The van der Waals surface area contributed by atoms with E-state index in [0.717, 1.165) is 28.0 Å². The van der Waals surface area contributed by atoms with Crippen LogP contribution in [-0.4, -0.2) is 181 Å². The van der Waals surface area contributed by atoms with Gasteiger partial charge in [0.25, 0.3) is 0 Å². The van der Waals surface area contributed by atoms with Gasteiger partial charge in [0.1, 0.15) is 41.0 Å². The van der Waals surface area contributed by atoms with Gasteiger partial charge in [-0.1, -0.05) is 82.2 Å². The zero-order valence-corrected chi connectivity index (χ0v) is 53.6. The fourth-order valence-corrected chi connectivity index (χ4v) is 13.2. The number of unbranched alkanes of at least 4 members (excludes halogenated alkanes) is 3. The number of carbonyl (C=O) groups is 11. The maximum absolute atomic E-state index is 15.2. The average molecular weight is 1320 g/mol. The van der Waals surface area contributed by atoms with Gasteiger partial charge in [0.05, 0.1) is 78.7 Å². The Balaban J connectivity index is 1.03. The van der Waals surface area contributed by atoms with E-state index in [1.807, 2.05) is 48.5 Å². The van der Waals surface area contributed by atoms with Crippen molar-refractivity contribution in [3.8, 4) is 17.6 Å². The fraction of sp³-hybridized carbons (Fsp3) is 0.500. The van der Waals surface area contributed by atoms with E-state index in [-0.39, 0.29) is 61.1 Å². The number of ether oxygens (including phenoxy) is 1. The number of nitrogens with zero attached hydrogens (tertiary/aromatic N) is 2. The van der Waals surface area contributed by atoms with E-state index in [9.17, 15) is 68.1 Å². The summed E-state index contributed by atoms with van der Waals surface area (Å²) >= 11 is 0. The van der Waals surface area contributed by atoms with E-state index < -0.39 is 169 Å². The lowest BCUT2D eigenvalue weighted by Gasteiger charge is -2.32. The number of nitrogens with one attached hydrogen (secondary N) is 8. The first-order valence-electron chi connectivity index (χ1n) is 31.8. The van der Waals surface area contributed by atoms with Crippen molar-refractivity contribution in [2.75, 3.05) is 43.5 Å². The van der Waals surface area contributed by atoms with Gasteiger partial charge in [0, 0.05) is 80.1 Å². The van der Waals surface area contributed by atoms with Crippen LogP contribution in [0.25, 0.3) is 10.9 Å². The highest BCUT2D eigenvalue weighted by Gasteiger charge is 2.45. The number of nitrogens with two attached hydrogens (primary N) is 1. The van der Waals surface area contributed by atoms with E-state index in [1.54, 1.807) is 36.9 Å². The standard InChI is InChI=1S/C66H83N11O16S/c1-4-37(2)59-52(80)18-13-19-56(84)70-49-36-94(92)65-45(30-47(61(87)69-32-57(85)74-59)71-64(90)60(38(3)53(81)35-78)75-63(89)51-28-42(79)34-77(51)66(91)48(31-54(67)82)72-62(49)88)44-23-22-43(29-46(44)73-65)93-27-12-6-5-11-26-68-55(83)24-25-58(86)76-33-41-16-8-7-14-39(41)20-21-40-15-9-10-17-50(40)76/h7-10,14-17,22-23,29,37-38,42,47-49,51,53,59-60,73,78-79,81H,4-6,11-13,18-19,24-28,30-36H2,1-3H3,(H2,67,82)(H,68,83)(H,69,87)(H,70,84)(H,71,90)(H,72,88)(H,74,85)(H,75,89)/t37-,38+,42-,47+,48+,49-,51?,53+,59+,60+,94?/m1/s1. The minimum Gasteiger partial charge on any atom is -0.494 e. The number of fused-ring (bicyclic) bond motifs is 7. The number of rotatable bonds is 18. The van der Waals surface area contributed by atoms with Crippen LogP contribution >= 0.6 is 0 Å². The van der Waals surface area contributed by atoms with Gasteiger partial charge in [0.2, 0.25) is 59.1 Å². The molecule has 10 amide bonds. The number of anilines is 1. The molecule has 28 heteroatoms. The molecule has 2 bridgehead atoms. The van der Waals surface area contributed by atoms with Crippen LogP contribution < -0.4 is 52.6 Å². The first kappa shape index (κ1) is 70.8. The first-order valence-corrected chi connectivity index (χ1v) is 33.1. The maximum atomic E-state index is 15.2. The minimum absolute atomic E-state index is 0.00208. The minimum atomic E-state index is -2.39. The lowest BCUT2D eigenvalue weighted by atomic mass is 9.92. The van der Waals surface area contributed by atoms with E-state index in [4.69, 9.17) is 10.5 Å². The summed E-state index contributed by atoms with van der Waals surface area (Å²) < 4.78 is 21.3. The third kappa shape index (κ3) is 18.4. The number of benzene rings is 3. The van der Waals surface area contributed by atoms with E-state index in [1.165, 1.54) is 6.92 Å². The van der Waals surface area contributed by atoms with Gasteiger partial charge in [-0.2, -0.15) is 0 Å². The van der Waals surface area contributed by atoms with Crippen LogP contribution in [0.15, 0.2) is 71.8 Å². The summed E-state index contributed by atoms with van der Waals surface area (Å²) in [5.41, 5.74) is 9.17. The summed E-state index contributed by atoms with van der Waals surface area (Å²) in [6.45, 7) is 3.66. The second-order valence-electron chi connectivity index (χ2n) is 24.2. The molecule has 4 aromatic rings. The SMILES string of the molecule is CC[C@@H](C)[C@@H]1NC(=O)CNC(=O)[C@@H]2Cc3c([nH]c4cc(OCCCCCCNC(=O)CCC(=O)N5Cc6ccccc6C#Cc6ccccc65)ccc34)S(=O)C[C@@H](NC(=O)CCCC1=O)C(=O)N[C@@H](CC(N)=O)C(=O)N1C[C@H](O)CC1C(=O)N[C@@H]([C@@H](C)[C@@H](O)CO)C(=O)N2. The molecule has 11 atom stereocenters. The lowest BCUT2D eigenvalue weighted by Crippen LogP contribution is -2.61. The quantitative estimate of drug-likeness (QED) is 0.0453. The third-order valence-corrected chi connectivity index (χ3v) is 18.8. The molecule has 1 saturated heterocycles. The van der Waals surface area contributed by atoms with Gasteiger partial charge in [-0.15, -0.1) is 0 Å². The Morgan fingerprint density at radius 3 is 2.30 bits per heavy atom. The average Bonchev–Trinajstić information content (AvgIpc) is 1.58. The number of ketones is 1. The van der Waals surface area contributed by atoms with Crippen molar-refractivity contribution in [3.63, 3.8) is 0 Å². The molecule has 0 radical (unpaired) electrons. The number of hydrogen-bond donors (Lipinski definition) is 12. The predicted octanol–water partition coefficient (Wildman–Crippen LogP) is -0.220. The number of carbonyl (C=O) groups excluding carboxylic acids is 11. The molecule has 2 unspecified atom stereocenters. The van der Waals surface area contributed by atoms with Crippen molar-refractivity contribution in [2.24, 2.45) is 17.6 Å². The predicted molar refractivity (Wildman–Crippen MR) is 343 cm³/mol. The molecule has 1 fully saturated rings. The van der Waals surface area contributed by atoms with Crippen molar-refractivity contribution in [1.82, 2.24) is 47.1 Å². The Kier molecular flexibility index (Phi) is 25.0. The summed E-state index contributed by atoms with van der Waals surface area (Å²) in [4.78, 5) is 159. The topological polar surface area (TPSA) is 407 Å². The number of aromatic nitrogens is 1. The largest absolute Gasteiger partial charge is 0.494 e. The summed E-state index contributed by atoms with van der Waals surface area (Å²) in [7, 11) is -2.39. The van der Waals surface area contributed by atoms with Gasteiger partial charge in [-0.3, -0.25) is 56.9 Å². The van der Waals surface area contributed by atoms with E-state index in [0.29, 0.717) is 61.1 Å². The zero-order chi connectivity index (χ0) is 67.8. The van der Waals surface area contributed by atoms with Crippen LogP contribution in [0.3, 0.4) is 0 Å². The summed E-state index contributed by atoms with van der Waals surface area (Å²) in [6.07, 6.45) is -2.34. The van der Waals surface area contributed by atoms with Crippen molar-refractivity contribution in [2.45, 2.75) is 164 Å². The van der Waals surface area contributed by atoms with Crippen molar-refractivity contribution in [3.05, 3.63) is 89.0 Å². The number of aromatic amines is 1. The van der Waals surface area contributed by atoms with Crippen LogP contribution in [0, 0.1) is 23.7 Å². The zero-order valence-electron chi connectivity index (χ0n) is 52.8. The van der Waals surface area contributed by atoms with Crippen LogP contribution in [0.2, 0.25) is 0 Å². The number of H-pyrrole nitrogens is 1. The molecule has 94 heavy (non-hydrogen) atoms. The van der Waals surface area contributed by atoms with Crippen LogP contribution in [-0.2, 0) is 76.5 Å². The first-order chi connectivity index (χ1) is 45.0. The fourth-order valence-electron chi connectivity index (χ4n) is 11.8. The molecule has 0 saturated carbocycles. The molecule has 3 aromatic carbocycles. The molecule has 504 valence electrons. The molecular formula is C66H83N11O16S. The Morgan fingerprint density at radius 2 is 1.54 bits per heavy atom. The number of Topliss-reactive ketones (excluding diaryl/α,β-unsaturated/α-hetero) is 1.